The maximum Gasteiger partial charge on any atom is 0.303 e. The molecule has 150 valence electrons. The lowest BCUT2D eigenvalue weighted by Gasteiger charge is -2.43. The molecule has 1 fully saturated rings. The number of esters is 1. The number of rotatable bonds is 7. The van der Waals surface area contributed by atoms with E-state index in [1.54, 1.807) is 0 Å². The van der Waals surface area contributed by atoms with Gasteiger partial charge in [-0.25, -0.2) is 0 Å². The standard InChI is InChI=1S/C22H26O6/c1-15-19(25-13-17-9-5-3-6-10-17)20(21(22(24)27-15)28-16(2)23)26-14-18-11-7-4-8-12-18/h3-12,15,19-22,24H,13-14H2,1-2H3/t15-,19+,20+,21-,22?/m0/s1. The Kier molecular flexibility index (Phi) is 7.17. The van der Waals surface area contributed by atoms with Gasteiger partial charge in [-0.05, 0) is 18.1 Å². The minimum Gasteiger partial charge on any atom is -0.454 e. The van der Waals surface area contributed by atoms with Crippen LogP contribution in [0.5, 0.6) is 0 Å². The average molecular weight is 386 g/mol. The van der Waals surface area contributed by atoms with Crippen LogP contribution in [0.25, 0.3) is 0 Å². The number of carbonyl (C=O) groups is 1. The molecule has 2 aromatic carbocycles. The third kappa shape index (κ3) is 5.39. The molecular formula is C22H26O6. The van der Waals surface area contributed by atoms with Crippen LogP contribution in [0.2, 0.25) is 0 Å². The Morgan fingerprint density at radius 2 is 1.39 bits per heavy atom. The predicted molar refractivity (Wildman–Crippen MR) is 102 cm³/mol. The van der Waals surface area contributed by atoms with Crippen molar-refractivity contribution in [3.05, 3.63) is 71.8 Å². The first kappa shape index (κ1) is 20.5. The summed E-state index contributed by atoms with van der Waals surface area (Å²) in [6.45, 7) is 3.75. The van der Waals surface area contributed by atoms with Crippen LogP contribution < -0.4 is 0 Å². The van der Waals surface area contributed by atoms with E-state index in [4.69, 9.17) is 18.9 Å². The van der Waals surface area contributed by atoms with Gasteiger partial charge in [0.2, 0.25) is 0 Å². The molecule has 1 saturated heterocycles. The van der Waals surface area contributed by atoms with Crippen molar-refractivity contribution in [2.75, 3.05) is 0 Å². The molecule has 0 amide bonds. The first-order valence-electron chi connectivity index (χ1n) is 9.36. The van der Waals surface area contributed by atoms with Gasteiger partial charge in [0.1, 0.15) is 12.2 Å². The third-order valence-electron chi connectivity index (χ3n) is 4.62. The van der Waals surface area contributed by atoms with E-state index in [1.807, 2.05) is 67.6 Å². The van der Waals surface area contributed by atoms with E-state index in [0.29, 0.717) is 13.2 Å². The highest BCUT2D eigenvalue weighted by atomic mass is 16.7. The van der Waals surface area contributed by atoms with Crippen LogP contribution in [-0.2, 0) is 37.0 Å². The summed E-state index contributed by atoms with van der Waals surface area (Å²) in [6.07, 6.45) is -3.89. The van der Waals surface area contributed by atoms with Crippen molar-refractivity contribution in [1.82, 2.24) is 0 Å². The second-order valence-corrected chi connectivity index (χ2v) is 6.83. The van der Waals surface area contributed by atoms with E-state index >= 15 is 0 Å². The van der Waals surface area contributed by atoms with Crippen LogP contribution in [0.3, 0.4) is 0 Å². The second kappa shape index (κ2) is 9.80. The summed E-state index contributed by atoms with van der Waals surface area (Å²) >= 11 is 0. The minimum atomic E-state index is -1.28. The van der Waals surface area contributed by atoms with Gasteiger partial charge in [-0.3, -0.25) is 4.79 Å². The Bertz CT molecular complexity index is 735. The van der Waals surface area contributed by atoms with Crippen molar-refractivity contribution in [1.29, 1.82) is 0 Å². The van der Waals surface area contributed by atoms with Crippen molar-refractivity contribution in [2.24, 2.45) is 0 Å². The zero-order valence-corrected chi connectivity index (χ0v) is 16.1. The molecule has 1 aliphatic heterocycles. The molecule has 0 bridgehead atoms. The molecule has 2 aromatic rings. The van der Waals surface area contributed by atoms with Gasteiger partial charge in [0.15, 0.2) is 12.4 Å². The summed E-state index contributed by atoms with van der Waals surface area (Å²) < 4.78 is 23.0. The topological polar surface area (TPSA) is 74.2 Å². The van der Waals surface area contributed by atoms with E-state index in [2.05, 4.69) is 0 Å². The van der Waals surface area contributed by atoms with Crippen LogP contribution in [0.1, 0.15) is 25.0 Å². The van der Waals surface area contributed by atoms with Gasteiger partial charge in [-0.2, -0.15) is 0 Å². The molecule has 6 nitrogen and oxygen atoms in total. The molecule has 0 aliphatic carbocycles. The first-order chi connectivity index (χ1) is 13.5. The number of hydrogen-bond donors (Lipinski definition) is 1. The molecule has 1 unspecified atom stereocenters. The van der Waals surface area contributed by atoms with E-state index in [-0.39, 0.29) is 0 Å². The van der Waals surface area contributed by atoms with Crippen molar-refractivity contribution in [3.8, 4) is 0 Å². The van der Waals surface area contributed by atoms with Crippen LogP contribution in [0.15, 0.2) is 60.7 Å². The summed E-state index contributed by atoms with van der Waals surface area (Å²) in [7, 11) is 0. The van der Waals surface area contributed by atoms with Gasteiger partial charge in [0.25, 0.3) is 0 Å². The zero-order valence-electron chi connectivity index (χ0n) is 16.1. The molecule has 0 radical (unpaired) electrons. The van der Waals surface area contributed by atoms with Gasteiger partial charge >= 0.3 is 5.97 Å². The fraction of sp³-hybridized carbons (Fsp3) is 0.409. The molecule has 5 atom stereocenters. The number of aliphatic hydroxyl groups is 1. The van der Waals surface area contributed by atoms with Crippen LogP contribution in [-0.4, -0.2) is 41.8 Å². The summed E-state index contributed by atoms with van der Waals surface area (Å²) in [4.78, 5) is 11.6. The normalized spacial score (nSPS) is 27.3. The van der Waals surface area contributed by atoms with E-state index in [1.165, 1.54) is 6.92 Å². The van der Waals surface area contributed by atoms with Crippen molar-refractivity contribution in [2.45, 2.75) is 57.8 Å². The second-order valence-electron chi connectivity index (χ2n) is 6.83. The SMILES string of the molecule is CC(=O)O[C@@H]1C(O)O[C@@H](C)[C@@H](OCc2ccccc2)[C@H]1OCc1ccccc1. The lowest BCUT2D eigenvalue weighted by molar-refractivity contribution is -0.300. The lowest BCUT2D eigenvalue weighted by Crippen LogP contribution is -2.59. The zero-order chi connectivity index (χ0) is 19.9. The molecule has 1 N–H and O–H groups in total. The van der Waals surface area contributed by atoms with Crippen molar-refractivity contribution >= 4 is 5.97 Å². The maximum atomic E-state index is 11.6. The van der Waals surface area contributed by atoms with Crippen LogP contribution >= 0.6 is 0 Å². The van der Waals surface area contributed by atoms with Gasteiger partial charge < -0.3 is 24.1 Å². The first-order valence-corrected chi connectivity index (χ1v) is 9.36. The summed E-state index contributed by atoms with van der Waals surface area (Å²) in [6, 6.07) is 19.4. The number of carbonyl (C=O) groups excluding carboxylic acids is 1. The van der Waals surface area contributed by atoms with Crippen LogP contribution in [0.4, 0.5) is 0 Å². The molecule has 0 saturated carbocycles. The quantitative estimate of drug-likeness (QED) is 0.738. The van der Waals surface area contributed by atoms with Crippen LogP contribution in [0, 0.1) is 0 Å². The van der Waals surface area contributed by atoms with Gasteiger partial charge in [0, 0.05) is 6.92 Å². The highest BCUT2D eigenvalue weighted by Crippen LogP contribution is 2.28. The van der Waals surface area contributed by atoms with Gasteiger partial charge in [0.05, 0.1) is 19.3 Å². The smallest absolute Gasteiger partial charge is 0.303 e. The fourth-order valence-electron chi connectivity index (χ4n) is 3.26. The Morgan fingerprint density at radius 3 is 1.89 bits per heavy atom. The van der Waals surface area contributed by atoms with Crippen molar-refractivity contribution in [3.63, 3.8) is 0 Å². The highest BCUT2D eigenvalue weighted by molar-refractivity contribution is 5.66. The Labute approximate surface area is 165 Å². The largest absolute Gasteiger partial charge is 0.454 e. The minimum absolute atomic E-state index is 0.300. The number of ether oxygens (including phenoxy) is 4. The van der Waals surface area contributed by atoms with Gasteiger partial charge in [-0.1, -0.05) is 60.7 Å². The maximum absolute atomic E-state index is 11.6. The highest BCUT2D eigenvalue weighted by Gasteiger charge is 2.47. The summed E-state index contributed by atoms with van der Waals surface area (Å²) in [5.41, 5.74) is 1.98. The monoisotopic (exact) mass is 386 g/mol. The Balaban J connectivity index is 1.76. The summed E-state index contributed by atoms with van der Waals surface area (Å²) in [5.74, 6) is -0.516. The number of hydrogen-bond acceptors (Lipinski definition) is 6. The number of benzene rings is 2. The molecule has 28 heavy (non-hydrogen) atoms. The molecule has 3 rings (SSSR count). The molecule has 6 heteroatoms. The Hall–Kier alpha value is -2.25. The predicted octanol–water partition coefficient (Wildman–Crippen LogP) is 2.83. The molecule has 1 heterocycles. The van der Waals surface area contributed by atoms with E-state index < -0.39 is 36.7 Å². The van der Waals surface area contributed by atoms with E-state index in [9.17, 15) is 9.90 Å². The fourth-order valence-corrected chi connectivity index (χ4v) is 3.26. The number of aliphatic hydroxyl groups excluding tert-OH is 1. The molecule has 1 aliphatic rings. The van der Waals surface area contributed by atoms with E-state index in [0.717, 1.165) is 11.1 Å². The molecular weight excluding hydrogens is 360 g/mol. The lowest BCUT2D eigenvalue weighted by atomic mass is 9.98. The third-order valence-corrected chi connectivity index (χ3v) is 4.62. The molecule has 0 spiro atoms. The summed E-state index contributed by atoms with van der Waals surface area (Å²) in [5, 5.41) is 10.3. The van der Waals surface area contributed by atoms with Crippen molar-refractivity contribution < 1.29 is 28.8 Å². The van der Waals surface area contributed by atoms with Gasteiger partial charge in [-0.15, -0.1) is 0 Å². The average Bonchev–Trinajstić information content (AvgIpc) is 2.69. The Morgan fingerprint density at radius 1 is 0.893 bits per heavy atom. The molecule has 0 aromatic heterocycles.